The number of aromatic nitrogens is 3. The SMILES string of the molecule is COc1ccc(-c2cn(CCCCC(=O)C3CCCCN3)c3ccc(CN4CC5CC4CN5Cc4c(Cl)cccc4Cl)cc23)cc1.Cc1ccc(-c2cn(CCCCC(=O)C3CCCCN3)c3ccc(CN4CC5CC4CN5Cc4c(Cl)cccc4Cl)cc23)cc1.O=C(CCCCn1cc(-c2ccc(OC(F)(F)F)cc2)c2cc(CN3CC4CC3CN4Cc3c(Cl)cccc3Cl)ccc21)C1CCCCN1. The highest BCUT2D eigenvalue weighted by Gasteiger charge is 2.47. The Morgan fingerprint density at radius 1 is 0.357 bits per heavy atom. The monoisotopic (exact) mass is 2010 g/mol. The molecule has 0 spiro atoms. The van der Waals surface area contributed by atoms with Crippen molar-refractivity contribution >= 4 is 120 Å². The predicted octanol–water partition coefficient (Wildman–Crippen LogP) is 25.1. The molecular weight excluding hydrogens is 1890 g/mol. The maximum absolute atomic E-state index is 12.8. The van der Waals surface area contributed by atoms with Crippen LogP contribution in [0.4, 0.5) is 13.2 Å². The molecule has 0 amide bonds. The van der Waals surface area contributed by atoms with Crippen molar-refractivity contribution in [2.45, 2.75) is 261 Å². The minimum absolute atomic E-state index is 0.00905. The highest BCUT2D eigenvalue weighted by Crippen LogP contribution is 2.44. The number of ether oxygens (including phenoxy) is 2. The van der Waals surface area contributed by atoms with E-state index in [-0.39, 0.29) is 23.9 Å². The van der Waals surface area contributed by atoms with Crippen LogP contribution in [-0.4, -0.2) is 187 Å². The molecule has 738 valence electrons. The highest BCUT2D eigenvalue weighted by atomic mass is 35.5. The van der Waals surface area contributed by atoms with E-state index in [1.165, 1.54) is 111 Å². The standard InChI is InChI=1S/C38H41Cl2F3N4O2.C38H44Cl2N4O2.C38H44Cl2N4O/c39-33-6-5-7-34(40)32(33)24-47-22-27-19-28(47)21-46(27)20-25-10-15-36-30(18-25)31(26-11-13-29(14-12-26)49-38(41,42)43)23-45(36)17-4-2-9-37(48)35-8-1-3-16-44-35;1-46-30-14-12-27(13-15-30)32-24-42(18-5-3-10-38(45)36-9-2-4-17-41-36)37-16-11-26(19-31(32)37)21-43-22-29-20-28(43)23-44(29)25-33-34(39)7-6-8-35(33)40;1-26-11-14-28(15-12-26)32-24-42(18-5-3-10-38(45)36-9-2-4-17-41-36)37-16-13-27(19-31(32)37)21-43-22-30-20-29(43)23-44(30)25-33-34(39)7-6-8-35(33)40/h5-7,10-15,18,23,27-28,35,44H,1-4,8-9,16-17,19-22,24H2;6-8,11-16,19,24,28-29,36,41H,2-5,9-10,17-18,20-23,25H2,1H3;6-8,11-16,19,24,29-30,36,41H,2-5,9-10,17-18,20-23,25H2,1H3. The van der Waals surface area contributed by atoms with Gasteiger partial charge in [0.15, 0.2) is 0 Å². The minimum atomic E-state index is -4.74. The van der Waals surface area contributed by atoms with Crippen molar-refractivity contribution in [3.8, 4) is 44.9 Å². The third-order valence-electron chi connectivity index (χ3n) is 31.1. The molecule has 9 saturated heterocycles. The van der Waals surface area contributed by atoms with Gasteiger partial charge in [-0.25, -0.2) is 0 Å². The van der Waals surface area contributed by atoms with Gasteiger partial charge in [0.2, 0.25) is 0 Å². The van der Waals surface area contributed by atoms with Gasteiger partial charge in [-0.2, -0.15) is 0 Å². The average Bonchev–Trinajstić information content (AvgIpc) is 1.57. The van der Waals surface area contributed by atoms with Crippen LogP contribution in [0.25, 0.3) is 66.1 Å². The molecular formula is C114H129Cl6F3N12O5. The van der Waals surface area contributed by atoms with E-state index in [1.807, 2.05) is 66.7 Å². The molecule has 140 heavy (non-hydrogen) atoms. The number of piperazine rings is 3. The maximum Gasteiger partial charge on any atom is 0.573 e. The summed E-state index contributed by atoms with van der Waals surface area (Å²) in [5.74, 6) is 1.69. The van der Waals surface area contributed by atoms with Gasteiger partial charge in [-0.15, -0.1) is 13.2 Å². The topological polar surface area (TPSA) is 140 Å². The molecule has 0 aliphatic carbocycles. The number of carbonyl (C=O) groups is 3. The van der Waals surface area contributed by atoms with Gasteiger partial charge in [0.05, 0.1) is 25.2 Å². The Morgan fingerprint density at radius 3 is 0.914 bits per heavy atom. The number of alkyl halides is 3. The van der Waals surface area contributed by atoms with Gasteiger partial charge in [-0.05, 0) is 253 Å². The fourth-order valence-electron chi connectivity index (χ4n) is 23.6. The summed E-state index contributed by atoms with van der Waals surface area (Å²) in [6.45, 7) is 18.8. The third-order valence-corrected chi connectivity index (χ3v) is 33.3. The van der Waals surface area contributed by atoms with Crippen molar-refractivity contribution in [3.63, 3.8) is 0 Å². The van der Waals surface area contributed by atoms with Gasteiger partial charge in [0.25, 0.3) is 0 Å². The van der Waals surface area contributed by atoms with E-state index in [1.54, 1.807) is 19.2 Å². The van der Waals surface area contributed by atoms with Crippen molar-refractivity contribution in [2.24, 2.45) is 0 Å². The van der Waals surface area contributed by atoms with Crippen LogP contribution in [0, 0.1) is 6.92 Å². The van der Waals surface area contributed by atoms with Crippen molar-refractivity contribution in [3.05, 3.63) is 270 Å². The number of likely N-dealkylation sites (tertiary alicyclic amines) is 6. The summed E-state index contributed by atoms with van der Waals surface area (Å²) in [5.41, 5.74) is 18.6. The van der Waals surface area contributed by atoms with E-state index in [0.29, 0.717) is 82.9 Å². The lowest BCUT2D eigenvalue weighted by atomic mass is 9.98. The smallest absolute Gasteiger partial charge is 0.497 e. The van der Waals surface area contributed by atoms with Crippen molar-refractivity contribution < 1.29 is 37.0 Å². The number of rotatable bonds is 35. The zero-order chi connectivity index (χ0) is 96.7. The van der Waals surface area contributed by atoms with Crippen LogP contribution in [0.5, 0.6) is 11.5 Å². The number of methoxy groups -OCH3 is 1. The first-order chi connectivity index (χ1) is 68.0. The van der Waals surface area contributed by atoms with Gasteiger partial charge in [0.1, 0.15) is 28.8 Å². The molecule has 9 fully saturated rings. The molecule has 9 unspecified atom stereocenters. The Kier molecular flexibility index (Phi) is 32.7. The van der Waals surface area contributed by atoms with Gasteiger partial charge in [-0.3, -0.25) is 43.8 Å². The van der Waals surface area contributed by atoms with Crippen molar-refractivity contribution in [1.82, 2.24) is 59.1 Å². The molecule has 9 atom stereocenters. The number of Topliss-reactive ketones (excluding diaryl/α,β-unsaturated/α-hetero) is 3. The number of piperidine rings is 3. The number of carbonyl (C=O) groups excluding carboxylic acids is 3. The molecule has 26 heteroatoms. The van der Waals surface area contributed by atoms with E-state index in [2.05, 4.69) is 180 Å². The van der Waals surface area contributed by atoms with Gasteiger partial charge < -0.3 is 39.1 Å². The number of hydrogen-bond donors (Lipinski definition) is 3. The van der Waals surface area contributed by atoms with Crippen LogP contribution >= 0.6 is 69.6 Å². The van der Waals surface area contributed by atoms with Gasteiger partial charge in [0, 0.05) is 269 Å². The number of fused-ring (bicyclic) bond motifs is 9. The zero-order valence-electron chi connectivity index (χ0n) is 80.3. The largest absolute Gasteiger partial charge is 0.573 e. The van der Waals surface area contributed by atoms with Crippen molar-refractivity contribution in [2.75, 3.05) is 66.0 Å². The lowest BCUT2D eigenvalue weighted by Gasteiger charge is -2.34. The highest BCUT2D eigenvalue weighted by molar-refractivity contribution is 6.37. The Bertz CT molecular complexity index is 6270. The molecule has 9 aromatic carbocycles. The Labute approximate surface area is 851 Å². The number of benzene rings is 9. The second-order valence-electron chi connectivity index (χ2n) is 40.5. The van der Waals surface area contributed by atoms with E-state index in [4.69, 9.17) is 74.3 Å². The molecule has 3 aromatic heterocycles. The van der Waals surface area contributed by atoms with Crippen LogP contribution in [0.1, 0.15) is 174 Å². The number of nitrogens with zero attached hydrogens (tertiary/aromatic N) is 9. The first kappa shape index (κ1) is 100. The minimum Gasteiger partial charge on any atom is -0.497 e. The number of aryl methyl sites for hydroxylation is 4. The summed E-state index contributed by atoms with van der Waals surface area (Å²) in [6.07, 6.45) is 22.7. The van der Waals surface area contributed by atoms with E-state index < -0.39 is 6.36 Å². The van der Waals surface area contributed by atoms with Crippen LogP contribution < -0.4 is 25.4 Å². The van der Waals surface area contributed by atoms with Crippen LogP contribution in [0.3, 0.4) is 0 Å². The third kappa shape index (κ3) is 24.0. The fraction of sp³-hybridized carbons (Fsp3) is 0.447. The van der Waals surface area contributed by atoms with Gasteiger partial charge >= 0.3 is 6.36 Å². The maximum atomic E-state index is 12.8. The number of unbranched alkanes of at least 4 members (excludes halogenated alkanes) is 3. The molecule has 17 nitrogen and oxygen atoms in total. The van der Waals surface area contributed by atoms with Crippen molar-refractivity contribution in [1.29, 1.82) is 0 Å². The molecule has 21 rings (SSSR count). The summed E-state index contributed by atoms with van der Waals surface area (Å²) in [4.78, 5) is 53.6. The summed E-state index contributed by atoms with van der Waals surface area (Å²) >= 11 is 38.9. The predicted molar refractivity (Wildman–Crippen MR) is 562 cm³/mol. The Morgan fingerprint density at radius 2 is 0.643 bits per heavy atom. The lowest BCUT2D eigenvalue weighted by molar-refractivity contribution is -0.274. The second-order valence-corrected chi connectivity index (χ2v) is 43.0. The van der Waals surface area contributed by atoms with Crippen LogP contribution in [-0.2, 0) is 73.3 Å². The van der Waals surface area contributed by atoms with E-state index in [0.717, 1.165) is 266 Å². The second kappa shape index (κ2) is 45.8. The summed E-state index contributed by atoms with van der Waals surface area (Å²) < 4.78 is 55.1. The van der Waals surface area contributed by atoms with Crippen LogP contribution in [0.15, 0.2) is 201 Å². The molecule has 6 bridgehead atoms. The Balaban J connectivity index is 0.000000134. The van der Waals surface area contributed by atoms with Gasteiger partial charge in [-0.1, -0.05) is 179 Å². The zero-order valence-corrected chi connectivity index (χ0v) is 84.8. The number of nitrogens with one attached hydrogen (secondary N) is 3. The molecule has 12 heterocycles. The summed E-state index contributed by atoms with van der Waals surface area (Å²) in [7, 11) is 1.71. The number of ketones is 3. The Hall–Kier alpha value is -8.62. The molecule has 9 aliphatic rings. The number of hydrogen-bond acceptors (Lipinski definition) is 14. The lowest BCUT2D eigenvalue weighted by Crippen LogP contribution is -2.45. The first-order valence-corrected chi connectivity index (χ1v) is 53.2. The van der Waals surface area contributed by atoms with E-state index in [9.17, 15) is 27.6 Å². The molecule has 0 saturated carbocycles. The summed E-state index contributed by atoms with van der Waals surface area (Å²) in [6, 6.07) is 64.4. The number of halogens is 9. The molecule has 12 aromatic rings. The van der Waals surface area contributed by atoms with E-state index >= 15 is 0 Å². The average molecular weight is 2020 g/mol. The fourth-order valence-corrected chi connectivity index (χ4v) is 25.1. The summed E-state index contributed by atoms with van der Waals surface area (Å²) in [5, 5.41) is 18.3. The molecule has 0 radical (unpaired) electrons. The quantitative estimate of drug-likeness (QED) is 0.0325. The van der Waals surface area contributed by atoms with Crippen LogP contribution in [0.2, 0.25) is 30.1 Å². The normalized spacial score (nSPS) is 21.8. The molecule has 3 N–H and O–H groups in total. The molecule has 9 aliphatic heterocycles. The first-order valence-electron chi connectivity index (χ1n) is 50.9.